The zero-order valence-electron chi connectivity index (χ0n) is 13.0. The number of carbonyl (C=O) groups excluding carboxylic acids is 2. The van der Waals surface area contributed by atoms with Crippen LogP contribution in [-0.2, 0) is 0 Å². The Bertz CT molecular complexity index is 755. The summed E-state index contributed by atoms with van der Waals surface area (Å²) in [5, 5.41) is 2.81. The number of rotatable bonds is 4. The number of amides is 1. The first kappa shape index (κ1) is 15.0. The van der Waals surface area contributed by atoms with Gasteiger partial charge in [0.15, 0.2) is 5.78 Å². The van der Waals surface area contributed by atoms with Crippen molar-refractivity contribution in [3.05, 3.63) is 71.8 Å². The highest BCUT2D eigenvalue weighted by Gasteiger charge is 2.12. The summed E-state index contributed by atoms with van der Waals surface area (Å²) in [6.07, 6.45) is 4.25. The Balaban J connectivity index is 1.75. The Hall–Kier alpha value is -2.88. The van der Waals surface area contributed by atoms with E-state index in [-0.39, 0.29) is 11.7 Å². The number of hydrogen-bond acceptors (Lipinski definition) is 3. The van der Waals surface area contributed by atoms with Crippen molar-refractivity contribution < 1.29 is 9.59 Å². The number of benzene rings is 2. The normalized spacial score (nSPS) is 13.2. The molecule has 1 aliphatic rings. The van der Waals surface area contributed by atoms with Gasteiger partial charge < -0.3 is 10.2 Å². The second kappa shape index (κ2) is 6.48. The van der Waals surface area contributed by atoms with E-state index in [1.54, 1.807) is 36.4 Å². The topological polar surface area (TPSA) is 49.4 Å². The number of hydrogen-bond donors (Lipinski definition) is 1. The monoisotopic (exact) mass is 306 g/mol. The van der Waals surface area contributed by atoms with Gasteiger partial charge in [-0.2, -0.15) is 0 Å². The van der Waals surface area contributed by atoms with E-state index in [0.717, 1.165) is 18.8 Å². The summed E-state index contributed by atoms with van der Waals surface area (Å²) in [5.74, 6) is -0.289. The first-order valence-electron chi connectivity index (χ1n) is 7.56. The van der Waals surface area contributed by atoms with Crippen molar-refractivity contribution in [2.75, 3.05) is 23.3 Å². The molecule has 3 rings (SSSR count). The Labute approximate surface area is 135 Å². The van der Waals surface area contributed by atoms with Crippen LogP contribution in [0.25, 0.3) is 0 Å². The molecule has 116 valence electrons. The van der Waals surface area contributed by atoms with Crippen molar-refractivity contribution in [2.24, 2.45) is 0 Å². The van der Waals surface area contributed by atoms with Crippen LogP contribution < -0.4 is 10.2 Å². The summed E-state index contributed by atoms with van der Waals surface area (Å²) < 4.78 is 0. The van der Waals surface area contributed by atoms with Crippen molar-refractivity contribution in [2.45, 2.75) is 6.92 Å². The van der Waals surface area contributed by atoms with E-state index in [9.17, 15) is 9.59 Å². The standard InChI is InChI=1S/C19H18N2O2/c1-14(22)17-6-2-3-7-18(17)20-19(23)15-8-10-16(11-9-15)21-12-4-5-13-21/h2-11H,12-13H2,1H3,(H,20,23). The van der Waals surface area contributed by atoms with Gasteiger partial charge in [-0.25, -0.2) is 0 Å². The molecule has 1 heterocycles. The smallest absolute Gasteiger partial charge is 0.255 e. The second-order valence-corrected chi connectivity index (χ2v) is 5.48. The summed E-state index contributed by atoms with van der Waals surface area (Å²) in [4.78, 5) is 26.2. The lowest BCUT2D eigenvalue weighted by Gasteiger charge is -2.17. The highest BCUT2D eigenvalue weighted by Crippen LogP contribution is 2.20. The van der Waals surface area contributed by atoms with Crippen LogP contribution in [0.5, 0.6) is 0 Å². The van der Waals surface area contributed by atoms with Crippen molar-refractivity contribution in [1.29, 1.82) is 0 Å². The van der Waals surface area contributed by atoms with Crippen molar-refractivity contribution >= 4 is 23.1 Å². The average Bonchev–Trinajstić information content (AvgIpc) is 3.10. The number of carbonyl (C=O) groups is 2. The number of Topliss-reactive ketones (excluding diaryl/α,β-unsaturated/α-hetero) is 1. The minimum atomic E-state index is -0.218. The van der Waals surface area contributed by atoms with Gasteiger partial charge in [-0.15, -0.1) is 0 Å². The van der Waals surface area contributed by atoms with E-state index < -0.39 is 0 Å². The van der Waals surface area contributed by atoms with E-state index in [0.29, 0.717) is 16.8 Å². The molecule has 1 N–H and O–H groups in total. The van der Waals surface area contributed by atoms with E-state index >= 15 is 0 Å². The first-order valence-corrected chi connectivity index (χ1v) is 7.56. The van der Waals surface area contributed by atoms with Crippen LogP contribution in [0, 0.1) is 0 Å². The second-order valence-electron chi connectivity index (χ2n) is 5.48. The maximum absolute atomic E-state index is 12.4. The summed E-state index contributed by atoms with van der Waals surface area (Å²) >= 11 is 0. The number of ketones is 1. The first-order chi connectivity index (χ1) is 11.1. The predicted molar refractivity (Wildman–Crippen MR) is 92.2 cm³/mol. The fraction of sp³-hybridized carbons (Fsp3) is 0.158. The molecule has 0 bridgehead atoms. The zero-order valence-corrected chi connectivity index (χ0v) is 13.0. The van der Waals surface area contributed by atoms with Gasteiger partial charge in [0, 0.05) is 29.9 Å². The van der Waals surface area contributed by atoms with E-state index in [1.807, 2.05) is 12.1 Å². The largest absolute Gasteiger partial charge is 0.364 e. The molecule has 1 amide bonds. The van der Waals surface area contributed by atoms with Crippen LogP contribution in [0.3, 0.4) is 0 Å². The predicted octanol–water partition coefficient (Wildman–Crippen LogP) is 3.52. The van der Waals surface area contributed by atoms with Gasteiger partial charge in [0.2, 0.25) is 0 Å². The molecule has 4 heteroatoms. The molecule has 1 aliphatic heterocycles. The molecule has 0 spiro atoms. The molecule has 0 aliphatic carbocycles. The molecular formula is C19H18N2O2. The lowest BCUT2D eigenvalue weighted by molar-refractivity contribution is 0.101. The van der Waals surface area contributed by atoms with Crippen LogP contribution in [0.4, 0.5) is 11.4 Å². The van der Waals surface area contributed by atoms with Crippen LogP contribution in [0.15, 0.2) is 60.7 Å². The fourth-order valence-corrected chi connectivity index (χ4v) is 2.61. The zero-order chi connectivity index (χ0) is 16.2. The molecule has 2 aromatic rings. The van der Waals surface area contributed by atoms with Crippen LogP contribution in [0.1, 0.15) is 27.6 Å². The molecule has 0 saturated heterocycles. The number of nitrogens with zero attached hydrogens (tertiary/aromatic N) is 1. The van der Waals surface area contributed by atoms with Crippen molar-refractivity contribution in [3.63, 3.8) is 0 Å². The van der Waals surface area contributed by atoms with Gasteiger partial charge in [0.05, 0.1) is 5.69 Å². The lowest BCUT2D eigenvalue weighted by Crippen LogP contribution is -2.19. The number of nitrogens with one attached hydrogen (secondary N) is 1. The van der Waals surface area contributed by atoms with Crippen molar-refractivity contribution in [3.8, 4) is 0 Å². The molecule has 0 fully saturated rings. The quantitative estimate of drug-likeness (QED) is 0.694. The molecule has 0 aromatic heterocycles. The summed E-state index contributed by atoms with van der Waals surface area (Å²) in [5.41, 5.74) is 2.72. The van der Waals surface area contributed by atoms with Crippen LogP contribution >= 0.6 is 0 Å². The van der Waals surface area contributed by atoms with Crippen LogP contribution in [0.2, 0.25) is 0 Å². The molecular weight excluding hydrogens is 288 g/mol. The van der Waals surface area contributed by atoms with E-state index in [1.165, 1.54) is 6.92 Å². The molecule has 4 nitrogen and oxygen atoms in total. The maximum atomic E-state index is 12.4. The maximum Gasteiger partial charge on any atom is 0.255 e. The number of para-hydroxylation sites is 1. The molecule has 0 radical (unpaired) electrons. The summed E-state index contributed by atoms with van der Waals surface area (Å²) in [6, 6.07) is 14.5. The third kappa shape index (κ3) is 3.31. The van der Waals surface area contributed by atoms with Gasteiger partial charge in [0.1, 0.15) is 0 Å². The SMILES string of the molecule is CC(=O)c1ccccc1NC(=O)c1ccc(N2CC=CC2)cc1. The van der Waals surface area contributed by atoms with Gasteiger partial charge >= 0.3 is 0 Å². The summed E-state index contributed by atoms with van der Waals surface area (Å²) in [7, 11) is 0. The minimum Gasteiger partial charge on any atom is -0.364 e. The van der Waals surface area contributed by atoms with E-state index in [2.05, 4.69) is 22.4 Å². The Morgan fingerprint density at radius 1 is 0.957 bits per heavy atom. The molecule has 23 heavy (non-hydrogen) atoms. The molecule has 0 saturated carbocycles. The molecule has 2 aromatic carbocycles. The minimum absolute atomic E-state index is 0.0715. The van der Waals surface area contributed by atoms with Gasteiger partial charge in [-0.1, -0.05) is 24.3 Å². The average molecular weight is 306 g/mol. The Morgan fingerprint density at radius 2 is 1.61 bits per heavy atom. The fourth-order valence-electron chi connectivity index (χ4n) is 2.61. The van der Waals surface area contributed by atoms with Gasteiger partial charge in [-0.05, 0) is 43.3 Å². The third-order valence-corrected chi connectivity index (χ3v) is 3.87. The molecule has 0 unspecified atom stereocenters. The van der Waals surface area contributed by atoms with Gasteiger partial charge in [-0.3, -0.25) is 9.59 Å². The van der Waals surface area contributed by atoms with Gasteiger partial charge in [0.25, 0.3) is 5.91 Å². The number of anilines is 2. The lowest BCUT2D eigenvalue weighted by atomic mass is 10.1. The summed E-state index contributed by atoms with van der Waals surface area (Å²) in [6.45, 7) is 3.29. The Kier molecular flexibility index (Phi) is 4.24. The third-order valence-electron chi connectivity index (χ3n) is 3.87. The molecule has 0 atom stereocenters. The Morgan fingerprint density at radius 3 is 2.26 bits per heavy atom. The van der Waals surface area contributed by atoms with E-state index in [4.69, 9.17) is 0 Å². The van der Waals surface area contributed by atoms with Crippen LogP contribution in [-0.4, -0.2) is 24.8 Å². The highest BCUT2D eigenvalue weighted by atomic mass is 16.1. The highest BCUT2D eigenvalue weighted by molar-refractivity contribution is 6.09. The van der Waals surface area contributed by atoms with Crippen molar-refractivity contribution in [1.82, 2.24) is 0 Å².